The minimum atomic E-state index is -4.32. The van der Waals surface area contributed by atoms with Gasteiger partial charge < -0.3 is 5.73 Å². The molecule has 1 amide bonds. The van der Waals surface area contributed by atoms with Gasteiger partial charge in [-0.2, -0.15) is 13.2 Å². The van der Waals surface area contributed by atoms with E-state index < -0.39 is 17.6 Å². The predicted octanol–water partition coefficient (Wildman–Crippen LogP) is 2.92. The van der Waals surface area contributed by atoms with Crippen LogP contribution in [-0.4, -0.2) is 11.7 Å². The fraction of sp³-hybridized carbons (Fsp3) is 0.364. The molecule has 0 bridgehead atoms. The summed E-state index contributed by atoms with van der Waals surface area (Å²) in [5.41, 5.74) is 4.40. The van der Waals surface area contributed by atoms with Crippen molar-refractivity contribution in [1.29, 1.82) is 0 Å². The van der Waals surface area contributed by atoms with Crippen LogP contribution in [0, 0.1) is 5.92 Å². The molecular weight excluding hydrogens is 251 g/mol. The second kappa shape index (κ2) is 5.44. The van der Waals surface area contributed by atoms with E-state index in [4.69, 9.17) is 5.73 Å². The molecule has 1 aromatic rings. The molecule has 0 aromatic heterocycles. The van der Waals surface area contributed by atoms with Crippen LogP contribution < -0.4 is 5.73 Å². The van der Waals surface area contributed by atoms with E-state index in [-0.39, 0.29) is 5.92 Å². The van der Waals surface area contributed by atoms with Crippen LogP contribution in [0.5, 0.6) is 0 Å². The predicted molar refractivity (Wildman–Crippen MR) is 60.5 cm³/mol. The maximum absolute atomic E-state index is 12.3. The summed E-state index contributed by atoms with van der Waals surface area (Å²) in [6, 6.07) is 4.83. The first kappa shape index (κ1) is 13.9. The molecule has 0 radical (unpaired) electrons. The van der Waals surface area contributed by atoms with Gasteiger partial charge in [-0.15, -0.1) is 11.8 Å². The third kappa shape index (κ3) is 4.30. The molecule has 2 N–H and O–H groups in total. The number of thioether (sulfide) groups is 1. The van der Waals surface area contributed by atoms with Crippen molar-refractivity contribution in [2.75, 3.05) is 5.75 Å². The van der Waals surface area contributed by atoms with Gasteiger partial charge >= 0.3 is 6.18 Å². The van der Waals surface area contributed by atoms with Crippen LogP contribution in [0.15, 0.2) is 29.2 Å². The summed E-state index contributed by atoms with van der Waals surface area (Å²) in [5, 5.41) is 0. The fourth-order valence-corrected chi connectivity index (χ4v) is 1.98. The van der Waals surface area contributed by atoms with Crippen LogP contribution in [-0.2, 0) is 11.0 Å². The Bertz CT molecular complexity index is 389. The molecule has 0 aliphatic heterocycles. The van der Waals surface area contributed by atoms with Crippen molar-refractivity contribution < 1.29 is 18.0 Å². The van der Waals surface area contributed by atoms with Gasteiger partial charge in [-0.3, -0.25) is 4.79 Å². The highest BCUT2D eigenvalue weighted by atomic mass is 32.2. The molecule has 17 heavy (non-hydrogen) atoms. The summed E-state index contributed by atoms with van der Waals surface area (Å²) in [5.74, 6) is -0.257. The molecule has 1 unspecified atom stereocenters. The number of amides is 1. The number of hydrogen-bond donors (Lipinski definition) is 1. The number of carbonyl (C=O) groups is 1. The maximum Gasteiger partial charge on any atom is 0.416 e. The van der Waals surface area contributed by atoms with E-state index in [9.17, 15) is 18.0 Å². The zero-order valence-electron chi connectivity index (χ0n) is 9.12. The Balaban J connectivity index is 2.60. The lowest BCUT2D eigenvalue weighted by Crippen LogP contribution is -2.22. The standard InChI is InChI=1S/C11H12F3NOS/c1-7(10(15)16)6-17-9-4-2-8(3-5-9)11(12,13)14/h2-5,7H,6H2,1H3,(H2,15,16). The van der Waals surface area contributed by atoms with E-state index in [1.807, 2.05) is 0 Å². The average Bonchev–Trinajstić information content (AvgIpc) is 2.25. The number of alkyl halides is 3. The summed E-state index contributed by atoms with van der Waals surface area (Å²) in [7, 11) is 0. The van der Waals surface area contributed by atoms with E-state index in [1.165, 1.54) is 23.9 Å². The molecule has 1 atom stereocenters. The van der Waals surface area contributed by atoms with E-state index in [2.05, 4.69) is 0 Å². The SMILES string of the molecule is CC(CSc1ccc(C(F)(F)F)cc1)C(N)=O. The lowest BCUT2D eigenvalue weighted by atomic mass is 10.2. The van der Waals surface area contributed by atoms with Crippen LogP contribution in [0.4, 0.5) is 13.2 Å². The van der Waals surface area contributed by atoms with Gasteiger partial charge in [0, 0.05) is 16.6 Å². The smallest absolute Gasteiger partial charge is 0.369 e. The highest BCUT2D eigenvalue weighted by Crippen LogP contribution is 2.31. The first-order valence-electron chi connectivity index (χ1n) is 4.90. The van der Waals surface area contributed by atoms with Crippen molar-refractivity contribution in [3.63, 3.8) is 0 Å². The topological polar surface area (TPSA) is 43.1 Å². The number of halogens is 3. The molecule has 0 aliphatic carbocycles. The van der Waals surface area contributed by atoms with Crippen LogP contribution in [0.25, 0.3) is 0 Å². The van der Waals surface area contributed by atoms with E-state index in [0.717, 1.165) is 12.1 Å². The largest absolute Gasteiger partial charge is 0.416 e. The van der Waals surface area contributed by atoms with Gasteiger partial charge in [-0.05, 0) is 24.3 Å². The molecule has 0 aliphatic rings. The first-order valence-corrected chi connectivity index (χ1v) is 5.88. The quantitative estimate of drug-likeness (QED) is 0.849. The van der Waals surface area contributed by atoms with Gasteiger partial charge in [0.2, 0.25) is 5.91 Å². The molecule has 2 nitrogen and oxygen atoms in total. The molecule has 0 spiro atoms. The fourth-order valence-electron chi connectivity index (χ4n) is 1.04. The van der Waals surface area contributed by atoms with Gasteiger partial charge in [0.25, 0.3) is 0 Å². The zero-order valence-corrected chi connectivity index (χ0v) is 9.94. The van der Waals surface area contributed by atoms with Gasteiger partial charge in [0.15, 0.2) is 0 Å². The van der Waals surface area contributed by atoms with E-state index in [1.54, 1.807) is 6.92 Å². The molecule has 1 aromatic carbocycles. The number of carbonyl (C=O) groups excluding carboxylic acids is 1. The molecule has 1 rings (SSSR count). The van der Waals surface area contributed by atoms with Crippen LogP contribution in [0.2, 0.25) is 0 Å². The molecule has 6 heteroatoms. The molecule has 0 fully saturated rings. The van der Waals surface area contributed by atoms with Gasteiger partial charge in [-0.1, -0.05) is 6.92 Å². The van der Waals surface area contributed by atoms with Crippen molar-refractivity contribution in [3.8, 4) is 0 Å². The number of hydrogen-bond acceptors (Lipinski definition) is 2. The Morgan fingerprint density at radius 2 is 1.88 bits per heavy atom. The van der Waals surface area contributed by atoms with E-state index >= 15 is 0 Å². The Kier molecular flexibility index (Phi) is 4.45. The van der Waals surface area contributed by atoms with Crippen molar-refractivity contribution in [2.45, 2.75) is 18.0 Å². The molecule has 0 heterocycles. The Labute approximate surface area is 101 Å². The molecule has 94 valence electrons. The van der Waals surface area contributed by atoms with E-state index in [0.29, 0.717) is 10.6 Å². The number of benzene rings is 1. The van der Waals surface area contributed by atoms with Gasteiger partial charge in [-0.25, -0.2) is 0 Å². The number of rotatable bonds is 4. The number of nitrogens with two attached hydrogens (primary N) is 1. The third-order valence-corrected chi connectivity index (χ3v) is 3.44. The van der Waals surface area contributed by atoms with Crippen molar-refractivity contribution in [2.24, 2.45) is 11.7 Å². The van der Waals surface area contributed by atoms with Crippen LogP contribution in [0.1, 0.15) is 12.5 Å². The number of primary amides is 1. The monoisotopic (exact) mass is 263 g/mol. The Morgan fingerprint density at radius 1 is 1.35 bits per heavy atom. The lowest BCUT2D eigenvalue weighted by molar-refractivity contribution is -0.137. The lowest BCUT2D eigenvalue weighted by Gasteiger charge is -2.09. The zero-order chi connectivity index (χ0) is 13.1. The highest BCUT2D eigenvalue weighted by Gasteiger charge is 2.29. The van der Waals surface area contributed by atoms with Crippen molar-refractivity contribution in [1.82, 2.24) is 0 Å². The average molecular weight is 263 g/mol. The molecule has 0 saturated heterocycles. The summed E-state index contributed by atoms with van der Waals surface area (Å²) >= 11 is 1.31. The minimum Gasteiger partial charge on any atom is -0.369 e. The minimum absolute atomic E-state index is 0.303. The maximum atomic E-state index is 12.3. The first-order chi connectivity index (χ1) is 7.80. The second-order valence-electron chi connectivity index (χ2n) is 3.64. The summed E-state index contributed by atoms with van der Waals surface area (Å²) in [6.45, 7) is 1.68. The summed E-state index contributed by atoms with van der Waals surface area (Å²) in [4.78, 5) is 11.5. The van der Waals surface area contributed by atoms with Crippen LogP contribution >= 0.6 is 11.8 Å². The summed E-state index contributed by atoms with van der Waals surface area (Å²) in [6.07, 6.45) is -4.32. The summed E-state index contributed by atoms with van der Waals surface area (Å²) < 4.78 is 36.8. The Hall–Kier alpha value is -1.17. The highest BCUT2D eigenvalue weighted by molar-refractivity contribution is 7.99. The normalized spacial score (nSPS) is 13.4. The van der Waals surface area contributed by atoms with Gasteiger partial charge in [0.05, 0.1) is 5.56 Å². The second-order valence-corrected chi connectivity index (χ2v) is 4.73. The molecule has 0 saturated carbocycles. The van der Waals surface area contributed by atoms with Gasteiger partial charge in [0.1, 0.15) is 0 Å². The molecular formula is C11H12F3NOS. The van der Waals surface area contributed by atoms with Crippen molar-refractivity contribution in [3.05, 3.63) is 29.8 Å². The third-order valence-electron chi connectivity index (χ3n) is 2.17. The Morgan fingerprint density at radius 3 is 2.29 bits per heavy atom. The van der Waals surface area contributed by atoms with Crippen LogP contribution in [0.3, 0.4) is 0 Å². The van der Waals surface area contributed by atoms with Crippen molar-refractivity contribution >= 4 is 17.7 Å².